The first-order valence-electron chi connectivity index (χ1n) is 6.82. The van der Waals surface area contributed by atoms with Crippen molar-refractivity contribution in [2.24, 2.45) is 0 Å². The van der Waals surface area contributed by atoms with E-state index in [0.29, 0.717) is 18.9 Å². The zero-order chi connectivity index (χ0) is 15.5. The number of sulfonamides is 1. The summed E-state index contributed by atoms with van der Waals surface area (Å²) in [7, 11) is -3.35. The minimum Gasteiger partial charge on any atom is -0.446 e. The highest BCUT2D eigenvalue weighted by Crippen LogP contribution is 2.12. The average Bonchev–Trinajstić information content (AvgIpc) is 2.70. The van der Waals surface area contributed by atoms with Crippen LogP contribution in [0.15, 0.2) is 28.7 Å². The molecule has 1 aromatic carbocycles. The first-order valence-corrected chi connectivity index (χ1v) is 8.47. The average molecular weight is 308 g/mol. The van der Waals surface area contributed by atoms with Crippen molar-refractivity contribution in [3.63, 3.8) is 0 Å². The highest BCUT2D eigenvalue weighted by Gasteiger charge is 2.13. The monoisotopic (exact) mass is 308 g/mol. The van der Waals surface area contributed by atoms with Crippen LogP contribution >= 0.6 is 0 Å². The van der Waals surface area contributed by atoms with Crippen molar-refractivity contribution >= 4 is 10.0 Å². The molecule has 0 radical (unpaired) electrons. The number of aryl methyl sites for hydroxylation is 3. The Bertz CT molecular complexity index is 720. The zero-order valence-electron chi connectivity index (χ0n) is 12.5. The summed E-state index contributed by atoms with van der Waals surface area (Å²) in [5.41, 5.74) is 2.60. The third-order valence-electron chi connectivity index (χ3n) is 3.28. The molecular weight excluding hydrogens is 288 g/mol. The summed E-state index contributed by atoms with van der Waals surface area (Å²) >= 11 is 0. The second-order valence-electron chi connectivity index (χ2n) is 5.07. The topological polar surface area (TPSA) is 72.2 Å². The van der Waals surface area contributed by atoms with Gasteiger partial charge in [0, 0.05) is 19.9 Å². The Hall–Kier alpha value is -1.66. The molecule has 0 aliphatic rings. The molecule has 0 fully saturated rings. The predicted octanol–water partition coefficient (Wildman–Crippen LogP) is 2.26. The third-order valence-corrected chi connectivity index (χ3v) is 4.62. The van der Waals surface area contributed by atoms with Crippen LogP contribution < -0.4 is 4.72 Å². The van der Waals surface area contributed by atoms with Gasteiger partial charge in [-0.2, -0.15) is 0 Å². The number of oxazole rings is 1. The molecule has 2 aromatic rings. The first kappa shape index (κ1) is 15.7. The van der Waals surface area contributed by atoms with Gasteiger partial charge in [-0.15, -0.1) is 0 Å². The van der Waals surface area contributed by atoms with Gasteiger partial charge in [0.25, 0.3) is 0 Å². The largest absolute Gasteiger partial charge is 0.446 e. The molecule has 0 atom stereocenters. The number of rotatable bonds is 6. The van der Waals surface area contributed by atoms with Crippen molar-refractivity contribution in [3.05, 3.63) is 52.7 Å². The lowest BCUT2D eigenvalue weighted by molar-refractivity contribution is 0.472. The van der Waals surface area contributed by atoms with Crippen molar-refractivity contribution in [1.29, 1.82) is 0 Å². The van der Waals surface area contributed by atoms with Gasteiger partial charge in [-0.25, -0.2) is 18.1 Å². The molecule has 0 saturated carbocycles. The lowest BCUT2D eigenvalue weighted by Crippen LogP contribution is -2.27. The number of nitrogens with zero attached hydrogens (tertiary/aromatic N) is 1. The van der Waals surface area contributed by atoms with Crippen molar-refractivity contribution < 1.29 is 12.8 Å². The van der Waals surface area contributed by atoms with Crippen molar-refractivity contribution in [2.75, 3.05) is 6.54 Å². The third kappa shape index (κ3) is 4.41. The fraction of sp³-hybridized carbons (Fsp3) is 0.400. The first-order chi connectivity index (χ1) is 9.87. The maximum Gasteiger partial charge on any atom is 0.215 e. The number of benzene rings is 1. The highest BCUT2D eigenvalue weighted by molar-refractivity contribution is 7.88. The molecule has 1 N–H and O–H groups in total. The Morgan fingerprint density at radius 3 is 2.52 bits per heavy atom. The standard InChI is InChI=1S/C15H20N2O3S/c1-11-6-4-5-7-14(11)10-21(18,19)16-9-8-15-12(2)17-13(3)20-15/h4-7,16H,8-10H2,1-3H3. The van der Waals surface area contributed by atoms with Gasteiger partial charge in [-0.3, -0.25) is 0 Å². The van der Waals surface area contributed by atoms with Crippen LogP contribution in [0.4, 0.5) is 0 Å². The molecule has 0 spiro atoms. The van der Waals surface area contributed by atoms with E-state index in [1.165, 1.54) is 0 Å². The van der Waals surface area contributed by atoms with Gasteiger partial charge in [0.05, 0.1) is 11.4 Å². The van der Waals surface area contributed by atoms with Gasteiger partial charge < -0.3 is 4.42 Å². The van der Waals surface area contributed by atoms with Crippen LogP contribution in [-0.4, -0.2) is 19.9 Å². The van der Waals surface area contributed by atoms with Crippen molar-refractivity contribution in [3.8, 4) is 0 Å². The van der Waals surface area contributed by atoms with Crippen LogP contribution in [0.3, 0.4) is 0 Å². The summed E-state index contributed by atoms with van der Waals surface area (Å²) < 4.78 is 32.2. The molecule has 0 unspecified atom stereocenters. The van der Waals surface area contributed by atoms with Gasteiger partial charge in [0.15, 0.2) is 5.89 Å². The van der Waals surface area contributed by atoms with Crippen LogP contribution in [0.5, 0.6) is 0 Å². The normalized spacial score (nSPS) is 11.8. The summed E-state index contributed by atoms with van der Waals surface area (Å²) in [6, 6.07) is 7.48. The molecule has 0 aliphatic heterocycles. The van der Waals surface area contributed by atoms with Gasteiger partial charge in [0.2, 0.25) is 10.0 Å². The lowest BCUT2D eigenvalue weighted by atomic mass is 10.1. The Kier molecular flexibility index (Phi) is 4.80. The summed E-state index contributed by atoms with van der Waals surface area (Å²) in [6.45, 7) is 5.85. The number of nitrogens with one attached hydrogen (secondary N) is 1. The quantitative estimate of drug-likeness (QED) is 0.888. The predicted molar refractivity (Wildman–Crippen MR) is 81.5 cm³/mol. The molecule has 21 heavy (non-hydrogen) atoms. The summed E-state index contributed by atoms with van der Waals surface area (Å²) in [4.78, 5) is 4.16. The Morgan fingerprint density at radius 2 is 1.90 bits per heavy atom. The molecule has 0 amide bonds. The number of hydrogen-bond donors (Lipinski definition) is 1. The maximum atomic E-state index is 12.1. The van der Waals surface area contributed by atoms with Gasteiger partial charge in [-0.1, -0.05) is 24.3 Å². The number of hydrogen-bond acceptors (Lipinski definition) is 4. The van der Waals surface area contributed by atoms with Crippen LogP contribution in [-0.2, 0) is 22.2 Å². The van der Waals surface area contributed by atoms with E-state index in [4.69, 9.17) is 4.42 Å². The smallest absolute Gasteiger partial charge is 0.215 e. The van der Waals surface area contributed by atoms with E-state index >= 15 is 0 Å². The van der Waals surface area contributed by atoms with E-state index in [2.05, 4.69) is 9.71 Å². The molecule has 0 aliphatic carbocycles. The lowest BCUT2D eigenvalue weighted by Gasteiger charge is -2.08. The molecule has 2 rings (SSSR count). The molecular formula is C15H20N2O3S. The van der Waals surface area contributed by atoms with E-state index < -0.39 is 10.0 Å². The van der Waals surface area contributed by atoms with E-state index in [1.54, 1.807) is 6.92 Å². The SMILES string of the molecule is Cc1nc(C)c(CCNS(=O)(=O)Cc2ccccc2C)o1. The van der Waals surface area contributed by atoms with Gasteiger partial charge >= 0.3 is 0 Å². The van der Waals surface area contributed by atoms with Crippen molar-refractivity contribution in [1.82, 2.24) is 9.71 Å². The molecule has 0 bridgehead atoms. The molecule has 0 saturated heterocycles. The second kappa shape index (κ2) is 6.41. The maximum absolute atomic E-state index is 12.1. The summed E-state index contributed by atoms with van der Waals surface area (Å²) in [5, 5.41) is 0. The minimum atomic E-state index is -3.35. The Labute approximate surface area is 125 Å². The fourth-order valence-corrected chi connectivity index (χ4v) is 3.40. The molecule has 1 aromatic heterocycles. The summed E-state index contributed by atoms with van der Waals surface area (Å²) in [6.07, 6.45) is 0.500. The molecule has 5 nitrogen and oxygen atoms in total. The highest BCUT2D eigenvalue weighted by atomic mass is 32.2. The Balaban J connectivity index is 1.93. The van der Waals surface area contributed by atoms with Crippen molar-refractivity contribution in [2.45, 2.75) is 32.9 Å². The van der Waals surface area contributed by atoms with Crippen LogP contribution in [0.1, 0.15) is 28.5 Å². The Morgan fingerprint density at radius 1 is 1.19 bits per heavy atom. The van der Waals surface area contributed by atoms with E-state index in [-0.39, 0.29) is 5.75 Å². The van der Waals surface area contributed by atoms with Crippen LogP contribution in [0.2, 0.25) is 0 Å². The van der Waals surface area contributed by atoms with E-state index in [9.17, 15) is 8.42 Å². The van der Waals surface area contributed by atoms with Crippen LogP contribution in [0.25, 0.3) is 0 Å². The minimum absolute atomic E-state index is 0.00587. The molecule has 6 heteroatoms. The second-order valence-corrected chi connectivity index (χ2v) is 6.88. The fourth-order valence-electron chi connectivity index (χ4n) is 2.15. The summed E-state index contributed by atoms with van der Waals surface area (Å²) in [5.74, 6) is 1.32. The van der Waals surface area contributed by atoms with Gasteiger partial charge in [-0.05, 0) is 25.0 Å². The van der Waals surface area contributed by atoms with Crippen LogP contribution in [0, 0.1) is 20.8 Å². The molecule has 114 valence electrons. The zero-order valence-corrected chi connectivity index (χ0v) is 13.3. The molecule has 1 heterocycles. The van der Waals surface area contributed by atoms with E-state index in [1.807, 2.05) is 38.1 Å². The number of aromatic nitrogens is 1. The van der Waals surface area contributed by atoms with E-state index in [0.717, 1.165) is 22.6 Å². The van der Waals surface area contributed by atoms with Gasteiger partial charge in [0.1, 0.15) is 5.76 Å².